The molecule has 0 unspecified atom stereocenters. The summed E-state index contributed by atoms with van der Waals surface area (Å²) in [6, 6.07) is 16.8. The van der Waals surface area contributed by atoms with Crippen LogP contribution in [0.15, 0.2) is 59.5 Å². The second kappa shape index (κ2) is 10.4. The molecule has 1 aliphatic rings. The van der Waals surface area contributed by atoms with E-state index in [2.05, 4.69) is 4.57 Å². The van der Waals surface area contributed by atoms with Gasteiger partial charge in [0.1, 0.15) is 18.1 Å². The van der Waals surface area contributed by atoms with Crippen LogP contribution >= 0.6 is 23.4 Å². The number of halogens is 1. The number of imide groups is 1. The average Bonchev–Trinajstić information content (AvgIpc) is 3.25. The van der Waals surface area contributed by atoms with E-state index < -0.39 is 0 Å². The van der Waals surface area contributed by atoms with Crippen LogP contribution in [-0.2, 0) is 4.79 Å². The Kier molecular flexibility index (Phi) is 7.34. The predicted octanol–water partition coefficient (Wildman–Crippen LogP) is 6.26. The highest BCUT2D eigenvalue weighted by atomic mass is 35.5. The number of carbonyl (C=O) groups excluding carboxylic acids is 2. The van der Waals surface area contributed by atoms with E-state index in [4.69, 9.17) is 21.1 Å². The van der Waals surface area contributed by atoms with Crippen molar-refractivity contribution in [3.8, 4) is 17.2 Å². The van der Waals surface area contributed by atoms with E-state index in [0.717, 1.165) is 40.2 Å². The van der Waals surface area contributed by atoms with Gasteiger partial charge < -0.3 is 14.0 Å². The molecule has 0 radical (unpaired) electrons. The number of aryl methyl sites for hydroxylation is 1. The van der Waals surface area contributed by atoms with Crippen LogP contribution in [0.25, 0.3) is 11.8 Å². The van der Waals surface area contributed by atoms with Crippen LogP contribution < -0.4 is 9.47 Å². The van der Waals surface area contributed by atoms with E-state index in [-0.39, 0.29) is 24.3 Å². The van der Waals surface area contributed by atoms with E-state index in [1.807, 2.05) is 51.1 Å². The number of ether oxygens (including phenoxy) is 2. The standard InChI is InChI=1S/C26H25ClN2O4S/c1-4-32-22-11-7-21(8-12-22)29-17(2)15-19(18(29)3)16-24-25(30)28(26(31)34-24)13-14-33-23-9-5-20(27)6-10-23/h5-12,15-16H,4,13-14H2,1-3H3/b24-16-. The number of amides is 2. The fourth-order valence-corrected chi connectivity index (χ4v) is 4.79. The molecule has 8 heteroatoms. The second-order valence-electron chi connectivity index (χ2n) is 7.72. The van der Waals surface area contributed by atoms with E-state index in [1.165, 1.54) is 4.90 Å². The van der Waals surface area contributed by atoms with Gasteiger partial charge in [0.2, 0.25) is 0 Å². The fraction of sp³-hybridized carbons (Fsp3) is 0.231. The van der Waals surface area contributed by atoms with Crippen molar-refractivity contribution in [1.29, 1.82) is 0 Å². The summed E-state index contributed by atoms with van der Waals surface area (Å²) in [6.07, 6.45) is 1.79. The lowest BCUT2D eigenvalue weighted by Gasteiger charge is -2.13. The normalized spacial score (nSPS) is 14.8. The molecule has 2 amide bonds. The molecule has 4 rings (SSSR count). The van der Waals surface area contributed by atoms with Gasteiger partial charge in [-0.1, -0.05) is 11.6 Å². The molecule has 2 aromatic carbocycles. The summed E-state index contributed by atoms with van der Waals surface area (Å²) >= 11 is 6.83. The zero-order chi connectivity index (χ0) is 24.2. The van der Waals surface area contributed by atoms with Crippen molar-refractivity contribution >= 4 is 40.6 Å². The topological polar surface area (TPSA) is 60.8 Å². The van der Waals surface area contributed by atoms with Gasteiger partial charge in [-0.25, -0.2) is 0 Å². The Morgan fingerprint density at radius 2 is 1.62 bits per heavy atom. The highest BCUT2D eigenvalue weighted by molar-refractivity contribution is 8.18. The Labute approximate surface area is 208 Å². The molecule has 0 saturated carbocycles. The Balaban J connectivity index is 1.47. The Bertz CT molecular complexity index is 1230. The highest BCUT2D eigenvalue weighted by Gasteiger charge is 2.35. The summed E-state index contributed by atoms with van der Waals surface area (Å²) in [5.74, 6) is 1.15. The SMILES string of the molecule is CCOc1ccc(-n2c(C)cc(/C=C3\SC(=O)N(CCOc4ccc(Cl)cc4)C3=O)c2C)cc1. The van der Waals surface area contributed by atoms with Gasteiger partial charge in [0, 0.05) is 22.1 Å². The zero-order valence-corrected chi connectivity index (χ0v) is 20.8. The number of nitrogens with zero attached hydrogens (tertiary/aromatic N) is 2. The van der Waals surface area contributed by atoms with E-state index in [1.54, 1.807) is 30.3 Å². The minimum atomic E-state index is -0.305. The van der Waals surface area contributed by atoms with Crippen LogP contribution in [0.5, 0.6) is 11.5 Å². The minimum Gasteiger partial charge on any atom is -0.494 e. The molecule has 6 nitrogen and oxygen atoms in total. The Hall–Kier alpha value is -3.16. The number of thioether (sulfide) groups is 1. The molecule has 1 saturated heterocycles. The summed E-state index contributed by atoms with van der Waals surface area (Å²) in [5, 5.41) is 0.321. The maximum absolute atomic E-state index is 12.9. The molecule has 34 heavy (non-hydrogen) atoms. The van der Waals surface area contributed by atoms with E-state index >= 15 is 0 Å². The molecule has 1 aromatic heterocycles. The molecule has 1 fully saturated rings. The first-order valence-electron chi connectivity index (χ1n) is 10.9. The number of benzene rings is 2. The summed E-state index contributed by atoms with van der Waals surface area (Å²) in [5.41, 5.74) is 3.92. The molecule has 176 valence electrons. The fourth-order valence-electron chi connectivity index (χ4n) is 3.81. The number of rotatable bonds is 8. The van der Waals surface area contributed by atoms with Crippen LogP contribution in [0, 0.1) is 13.8 Å². The third-order valence-electron chi connectivity index (χ3n) is 5.43. The van der Waals surface area contributed by atoms with Gasteiger partial charge in [0.15, 0.2) is 0 Å². The van der Waals surface area contributed by atoms with Crippen LogP contribution in [0.1, 0.15) is 23.9 Å². The number of hydrogen-bond acceptors (Lipinski definition) is 5. The highest BCUT2D eigenvalue weighted by Crippen LogP contribution is 2.34. The maximum atomic E-state index is 12.9. The molecule has 0 aliphatic carbocycles. The van der Waals surface area contributed by atoms with Gasteiger partial charge in [0.05, 0.1) is 18.1 Å². The average molecular weight is 497 g/mol. The number of carbonyl (C=O) groups is 2. The molecule has 0 spiro atoms. The first kappa shape index (κ1) is 24.0. The van der Waals surface area contributed by atoms with Crippen molar-refractivity contribution in [3.05, 3.63) is 81.5 Å². The van der Waals surface area contributed by atoms with Gasteiger partial charge in [-0.05, 0) is 98.8 Å². The molecular formula is C26H25ClN2O4S. The van der Waals surface area contributed by atoms with Crippen molar-refractivity contribution in [2.45, 2.75) is 20.8 Å². The Morgan fingerprint density at radius 3 is 2.29 bits per heavy atom. The lowest BCUT2D eigenvalue weighted by atomic mass is 10.2. The largest absolute Gasteiger partial charge is 0.494 e. The third kappa shape index (κ3) is 5.16. The van der Waals surface area contributed by atoms with Gasteiger partial charge >= 0.3 is 0 Å². The molecule has 1 aliphatic heterocycles. The summed E-state index contributed by atoms with van der Waals surface area (Å²) in [6.45, 7) is 6.97. The smallest absolute Gasteiger partial charge is 0.293 e. The van der Waals surface area contributed by atoms with Gasteiger partial charge in [-0.2, -0.15) is 0 Å². The third-order valence-corrected chi connectivity index (χ3v) is 6.59. The summed E-state index contributed by atoms with van der Waals surface area (Å²) in [7, 11) is 0. The van der Waals surface area contributed by atoms with Crippen molar-refractivity contribution in [1.82, 2.24) is 9.47 Å². The first-order valence-corrected chi connectivity index (χ1v) is 12.1. The van der Waals surface area contributed by atoms with Crippen LogP contribution in [-0.4, -0.2) is 40.4 Å². The van der Waals surface area contributed by atoms with E-state index in [0.29, 0.717) is 22.3 Å². The number of aromatic nitrogens is 1. The molecule has 2 heterocycles. The minimum absolute atomic E-state index is 0.176. The van der Waals surface area contributed by atoms with Crippen molar-refractivity contribution in [3.63, 3.8) is 0 Å². The predicted molar refractivity (Wildman–Crippen MR) is 136 cm³/mol. The monoisotopic (exact) mass is 496 g/mol. The van der Waals surface area contributed by atoms with Crippen LogP contribution in [0.4, 0.5) is 4.79 Å². The number of hydrogen-bond donors (Lipinski definition) is 0. The zero-order valence-electron chi connectivity index (χ0n) is 19.2. The molecule has 0 N–H and O–H groups in total. The molecule has 0 bridgehead atoms. The van der Waals surface area contributed by atoms with Crippen LogP contribution in [0.2, 0.25) is 5.02 Å². The maximum Gasteiger partial charge on any atom is 0.293 e. The van der Waals surface area contributed by atoms with Gasteiger partial charge in [-0.15, -0.1) is 0 Å². The van der Waals surface area contributed by atoms with Gasteiger partial charge in [-0.3, -0.25) is 14.5 Å². The van der Waals surface area contributed by atoms with Crippen molar-refractivity contribution < 1.29 is 19.1 Å². The van der Waals surface area contributed by atoms with Crippen molar-refractivity contribution in [2.75, 3.05) is 19.8 Å². The van der Waals surface area contributed by atoms with Gasteiger partial charge in [0.25, 0.3) is 11.1 Å². The second-order valence-corrected chi connectivity index (χ2v) is 9.15. The molecule has 3 aromatic rings. The molecule has 0 atom stereocenters. The molecular weight excluding hydrogens is 472 g/mol. The summed E-state index contributed by atoms with van der Waals surface area (Å²) < 4.78 is 13.3. The van der Waals surface area contributed by atoms with Crippen LogP contribution in [0.3, 0.4) is 0 Å². The van der Waals surface area contributed by atoms with Crippen molar-refractivity contribution in [2.24, 2.45) is 0 Å². The quantitative estimate of drug-likeness (QED) is 0.344. The Morgan fingerprint density at radius 1 is 0.971 bits per heavy atom. The lowest BCUT2D eigenvalue weighted by molar-refractivity contribution is -0.123. The summed E-state index contributed by atoms with van der Waals surface area (Å²) in [4.78, 5) is 27.0. The lowest BCUT2D eigenvalue weighted by Crippen LogP contribution is -2.32. The first-order chi connectivity index (χ1) is 16.4. The van der Waals surface area contributed by atoms with E-state index in [9.17, 15) is 9.59 Å².